The third-order valence-corrected chi connectivity index (χ3v) is 3.61. The van der Waals surface area contributed by atoms with Crippen LogP contribution in [0, 0.1) is 11.6 Å². The molecule has 118 valence electrons. The van der Waals surface area contributed by atoms with E-state index >= 15 is 0 Å². The maximum Gasteiger partial charge on any atom is 0.127 e. The van der Waals surface area contributed by atoms with Crippen LogP contribution in [0.15, 0.2) is 48.5 Å². The smallest absolute Gasteiger partial charge is 0.127 e. The lowest BCUT2D eigenvalue weighted by Crippen LogP contribution is -2.24. The maximum atomic E-state index is 13.6. The molecule has 0 heterocycles. The summed E-state index contributed by atoms with van der Waals surface area (Å²) in [4.78, 5) is 0. The summed E-state index contributed by atoms with van der Waals surface area (Å²) in [5.41, 5.74) is 1.43. The summed E-state index contributed by atoms with van der Waals surface area (Å²) in [7, 11) is 0. The minimum atomic E-state index is -0.443. The molecule has 0 amide bonds. The molecule has 0 aliphatic rings. The van der Waals surface area contributed by atoms with Gasteiger partial charge in [0.1, 0.15) is 11.6 Å². The van der Waals surface area contributed by atoms with Crippen molar-refractivity contribution in [2.75, 3.05) is 6.54 Å². The van der Waals surface area contributed by atoms with Crippen LogP contribution in [-0.4, -0.2) is 17.8 Å². The van der Waals surface area contributed by atoms with Crippen LogP contribution >= 0.6 is 0 Å². The number of benzene rings is 2. The van der Waals surface area contributed by atoms with E-state index in [0.29, 0.717) is 18.5 Å². The molecular formula is C18H21F2NO. The zero-order valence-corrected chi connectivity index (χ0v) is 12.6. The summed E-state index contributed by atoms with van der Waals surface area (Å²) in [6.07, 6.45) is 0.195. The molecular weight excluding hydrogens is 284 g/mol. The van der Waals surface area contributed by atoms with E-state index in [2.05, 4.69) is 5.32 Å². The number of aliphatic hydroxyl groups excluding tert-OH is 1. The predicted octanol–water partition coefficient (Wildman–Crippen LogP) is 3.61. The Kier molecular flexibility index (Phi) is 6.04. The molecule has 0 spiro atoms. The van der Waals surface area contributed by atoms with Gasteiger partial charge in [0.15, 0.2) is 0 Å². The Balaban J connectivity index is 1.98. The first-order chi connectivity index (χ1) is 10.6. The highest BCUT2D eigenvalue weighted by molar-refractivity contribution is 5.21. The van der Waals surface area contributed by atoms with Crippen molar-refractivity contribution >= 4 is 0 Å². The van der Waals surface area contributed by atoms with Gasteiger partial charge in [-0.3, -0.25) is 0 Å². The molecule has 2 aromatic carbocycles. The fourth-order valence-electron chi connectivity index (χ4n) is 2.53. The van der Waals surface area contributed by atoms with Crippen molar-refractivity contribution in [3.8, 4) is 0 Å². The number of rotatable bonds is 7. The van der Waals surface area contributed by atoms with E-state index in [0.717, 1.165) is 17.7 Å². The number of aliphatic hydroxyl groups is 1. The summed E-state index contributed by atoms with van der Waals surface area (Å²) in [5.74, 6) is -0.736. The minimum Gasteiger partial charge on any atom is -0.393 e. The summed E-state index contributed by atoms with van der Waals surface area (Å²) in [5, 5.41) is 12.8. The quantitative estimate of drug-likeness (QED) is 0.819. The molecule has 0 aliphatic carbocycles. The zero-order valence-electron chi connectivity index (χ0n) is 12.6. The van der Waals surface area contributed by atoms with E-state index < -0.39 is 17.7 Å². The second-order valence-electron chi connectivity index (χ2n) is 5.56. The van der Waals surface area contributed by atoms with E-state index in [1.807, 2.05) is 30.3 Å². The fourth-order valence-corrected chi connectivity index (χ4v) is 2.53. The first-order valence-electron chi connectivity index (χ1n) is 7.44. The van der Waals surface area contributed by atoms with Crippen molar-refractivity contribution in [1.29, 1.82) is 0 Å². The normalized spacial score (nSPS) is 13.8. The van der Waals surface area contributed by atoms with Crippen molar-refractivity contribution in [3.05, 3.63) is 71.3 Å². The average molecular weight is 305 g/mol. The topological polar surface area (TPSA) is 32.3 Å². The molecule has 0 radical (unpaired) electrons. The van der Waals surface area contributed by atoms with Crippen molar-refractivity contribution in [2.24, 2.45) is 0 Å². The Hall–Kier alpha value is -1.78. The molecule has 0 saturated heterocycles. The van der Waals surface area contributed by atoms with Gasteiger partial charge in [-0.15, -0.1) is 0 Å². The average Bonchev–Trinajstić information content (AvgIpc) is 2.50. The molecule has 22 heavy (non-hydrogen) atoms. The molecule has 0 fully saturated rings. The minimum absolute atomic E-state index is 0.123. The lowest BCUT2D eigenvalue weighted by molar-refractivity contribution is 0.173. The largest absolute Gasteiger partial charge is 0.393 e. The van der Waals surface area contributed by atoms with Gasteiger partial charge in [0.25, 0.3) is 0 Å². The second-order valence-corrected chi connectivity index (χ2v) is 5.56. The Morgan fingerprint density at radius 2 is 1.82 bits per heavy atom. The molecule has 2 nitrogen and oxygen atoms in total. The Morgan fingerprint density at radius 3 is 2.50 bits per heavy atom. The number of halogens is 2. The SMILES string of the molecule is CC(O)CC(CNCc1cc(F)ccc1F)c1ccccc1. The van der Waals surface area contributed by atoms with Crippen LogP contribution in [0.2, 0.25) is 0 Å². The predicted molar refractivity (Wildman–Crippen MR) is 83.5 cm³/mol. The first-order valence-corrected chi connectivity index (χ1v) is 7.44. The highest BCUT2D eigenvalue weighted by Crippen LogP contribution is 2.20. The molecule has 0 saturated carbocycles. The van der Waals surface area contributed by atoms with Crippen LogP contribution < -0.4 is 5.32 Å². The molecule has 2 atom stereocenters. The van der Waals surface area contributed by atoms with E-state index in [9.17, 15) is 13.9 Å². The van der Waals surface area contributed by atoms with E-state index in [1.54, 1.807) is 6.92 Å². The highest BCUT2D eigenvalue weighted by atomic mass is 19.1. The van der Waals surface area contributed by atoms with Crippen LogP contribution in [0.3, 0.4) is 0 Å². The number of hydrogen-bond acceptors (Lipinski definition) is 2. The lowest BCUT2D eigenvalue weighted by Gasteiger charge is -2.20. The molecule has 2 N–H and O–H groups in total. The van der Waals surface area contributed by atoms with Crippen LogP contribution in [-0.2, 0) is 6.54 Å². The van der Waals surface area contributed by atoms with Crippen molar-refractivity contribution < 1.29 is 13.9 Å². The Bertz CT molecular complexity index is 587. The van der Waals surface area contributed by atoms with Gasteiger partial charge >= 0.3 is 0 Å². The summed E-state index contributed by atoms with van der Waals surface area (Å²) in [6.45, 7) is 2.60. The van der Waals surface area contributed by atoms with Crippen LogP contribution in [0.5, 0.6) is 0 Å². The molecule has 2 aromatic rings. The molecule has 2 unspecified atom stereocenters. The van der Waals surface area contributed by atoms with Gasteiger partial charge in [0, 0.05) is 18.7 Å². The Labute approximate surface area is 129 Å². The molecule has 0 aliphatic heterocycles. The van der Waals surface area contributed by atoms with Crippen molar-refractivity contribution in [1.82, 2.24) is 5.32 Å². The van der Waals surface area contributed by atoms with Gasteiger partial charge in [-0.2, -0.15) is 0 Å². The second kappa shape index (κ2) is 8.01. The van der Waals surface area contributed by atoms with Gasteiger partial charge in [0.05, 0.1) is 6.10 Å². The van der Waals surface area contributed by atoms with Crippen LogP contribution in [0.1, 0.15) is 30.4 Å². The first kappa shape index (κ1) is 16.6. The summed E-state index contributed by atoms with van der Waals surface area (Å²) in [6, 6.07) is 13.3. The maximum absolute atomic E-state index is 13.6. The molecule has 0 aromatic heterocycles. The number of nitrogens with one attached hydrogen (secondary N) is 1. The fraction of sp³-hybridized carbons (Fsp3) is 0.333. The van der Waals surface area contributed by atoms with Gasteiger partial charge in [-0.25, -0.2) is 8.78 Å². The van der Waals surface area contributed by atoms with Gasteiger partial charge in [-0.05, 0) is 43.0 Å². The molecule has 4 heteroatoms. The summed E-state index contributed by atoms with van der Waals surface area (Å²) < 4.78 is 26.7. The standard InChI is InChI=1S/C18H21F2NO/c1-13(22)9-15(14-5-3-2-4-6-14)11-21-12-16-10-17(19)7-8-18(16)20/h2-8,10,13,15,21-22H,9,11-12H2,1H3. The van der Waals surface area contributed by atoms with E-state index in [-0.39, 0.29) is 12.5 Å². The van der Waals surface area contributed by atoms with Gasteiger partial charge in [0.2, 0.25) is 0 Å². The number of hydrogen-bond donors (Lipinski definition) is 2. The summed E-state index contributed by atoms with van der Waals surface area (Å²) >= 11 is 0. The van der Waals surface area contributed by atoms with Crippen molar-refractivity contribution in [2.45, 2.75) is 31.9 Å². The molecule has 2 rings (SSSR count). The van der Waals surface area contributed by atoms with Gasteiger partial charge < -0.3 is 10.4 Å². The van der Waals surface area contributed by atoms with Crippen molar-refractivity contribution in [3.63, 3.8) is 0 Å². The lowest BCUT2D eigenvalue weighted by atomic mass is 9.93. The monoisotopic (exact) mass is 305 g/mol. The van der Waals surface area contributed by atoms with Crippen LogP contribution in [0.25, 0.3) is 0 Å². The van der Waals surface area contributed by atoms with E-state index in [1.165, 1.54) is 6.07 Å². The third-order valence-electron chi connectivity index (χ3n) is 3.61. The molecule has 0 bridgehead atoms. The zero-order chi connectivity index (χ0) is 15.9. The van der Waals surface area contributed by atoms with Gasteiger partial charge in [-0.1, -0.05) is 30.3 Å². The van der Waals surface area contributed by atoms with E-state index in [4.69, 9.17) is 0 Å². The third kappa shape index (κ3) is 4.90. The van der Waals surface area contributed by atoms with Crippen LogP contribution in [0.4, 0.5) is 8.78 Å². The Morgan fingerprint density at radius 1 is 1.09 bits per heavy atom. The highest BCUT2D eigenvalue weighted by Gasteiger charge is 2.14.